The summed E-state index contributed by atoms with van der Waals surface area (Å²) in [6.07, 6.45) is 3.87. The fraction of sp³-hybridized carbons (Fsp3) is 0.250. The van der Waals surface area contributed by atoms with Gasteiger partial charge in [-0.05, 0) is 0 Å². The van der Waals surface area contributed by atoms with Gasteiger partial charge >= 0.3 is 0 Å². The van der Waals surface area contributed by atoms with Crippen molar-refractivity contribution in [2.45, 2.75) is 13.5 Å². The molecule has 0 aliphatic carbocycles. The summed E-state index contributed by atoms with van der Waals surface area (Å²) in [5.74, 6) is 1.09. The number of aryl methyl sites for hydroxylation is 1. The molecule has 0 saturated carbocycles. The van der Waals surface area contributed by atoms with E-state index in [-0.39, 0.29) is 0 Å². The van der Waals surface area contributed by atoms with Crippen molar-refractivity contribution in [3.8, 4) is 0 Å². The van der Waals surface area contributed by atoms with E-state index in [2.05, 4.69) is 15.1 Å². The van der Waals surface area contributed by atoms with Gasteiger partial charge in [-0.3, -0.25) is 4.79 Å². The molecule has 0 atom stereocenters. The number of nitrogens with zero attached hydrogens (tertiary/aromatic N) is 4. The summed E-state index contributed by atoms with van der Waals surface area (Å²) in [7, 11) is 0. The molecule has 0 spiro atoms. The van der Waals surface area contributed by atoms with Crippen LogP contribution in [0.25, 0.3) is 0 Å². The Labute approximate surface area is 79.6 Å². The average Bonchev–Trinajstić information content (AvgIpc) is 2.76. The van der Waals surface area contributed by atoms with E-state index in [0.717, 1.165) is 0 Å². The maximum Gasteiger partial charge on any atom is 0.223 e. The van der Waals surface area contributed by atoms with Crippen LogP contribution in [0.5, 0.6) is 0 Å². The van der Waals surface area contributed by atoms with Gasteiger partial charge < -0.3 is 9.09 Å². The number of hydrogen-bond acceptors (Lipinski definition) is 5. The highest BCUT2D eigenvalue weighted by Gasteiger charge is 2.03. The lowest BCUT2D eigenvalue weighted by Gasteiger charge is -1.93. The molecule has 0 radical (unpaired) electrons. The second kappa shape index (κ2) is 3.41. The molecule has 0 N–H and O–H groups in total. The van der Waals surface area contributed by atoms with Gasteiger partial charge in [-0.15, -0.1) is 0 Å². The summed E-state index contributed by atoms with van der Waals surface area (Å²) in [5.41, 5.74) is 0.394. The minimum absolute atomic E-state index is 0.394. The first-order valence-corrected chi connectivity index (χ1v) is 4.04. The standard InChI is InChI=1S/C8H8N4O2/c1-6-10-8(11-14-6)3-12-2-7(4-13)9-5-12/h2,4-5H,3H2,1H3. The van der Waals surface area contributed by atoms with Crippen LogP contribution in [0, 0.1) is 6.92 Å². The maximum absolute atomic E-state index is 10.4. The van der Waals surface area contributed by atoms with Gasteiger partial charge in [-0.1, -0.05) is 5.16 Å². The lowest BCUT2D eigenvalue weighted by Crippen LogP contribution is -1.98. The molecule has 0 unspecified atom stereocenters. The van der Waals surface area contributed by atoms with Crippen molar-refractivity contribution in [1.29, 1.82) is 0 Å². The summed E-state index contributed by atoms with van der Waals surface area (Å²) in [4.78, 5) is 18.2. The highest BCUT2D eigenvalue weighted by molar-refractivity contribution is 5.70. The van der Waals surface area contributed by atoms with E-state index < -0.39 is 0 Å². The first kappa shape index (κ1) is 8.61. The third kappa shape index (κ3) is 1.68. The Hall–Kier alpha value is -1.98. The van der Waals surface area contributed by atoms with Crippen molar-refractivity contribution >= 4 is 6.29 Å². The normalized spacial score (nSPS) is 10.4. The summed E-state index contributed by atoms with van der Waals surface area (Å²) in [6.45, 7) is 2.18. The van der Waals surface area contributed by atoms with Gasteiger partial charge in [0.15, 0.2) is 12.1 Å². The molecule has 72 valence electrons. The molecular formula is C8H8N4O2. The topological polar surface area (TPSA) is 73.8 Å². The molecular weight excluding hydrogens is 184 g/mol. The Morgan fingerprint density at radius 1 is 1.64 bits per heavy atom. The molecule has 0 bridgehead atoms. The van der Waals surface area contributed by atoms with Crippen molar-refractivity contribution in [1.82, 2.24) is 19.7 Å². The van der Waals surface area contributed by atoms with Crippen molar-refractivity contribution in [2.75, 3.05) is 0 Å². The van der Waals surface area contributed by atoms with Gasteiger partial charge in [-0.2, -0.15) is 4.98 Å². The lowest BCUT2D eigenvalue weighted by molar-refractivity contribution is 0.111. The molecule has 0 aliphatic rings. The first-order chi connectivity index (χ1) is 6.78. The molecule has 0 fully saturated rings. The van der Waals surface area contributed by atoms with Crippen molar-refractivity contribution in [3.05, 3.63) is 29.9 Å². The van der Waals surface area contributed by atoms with Crippen LogP contribution in [-0.4, -0.2) is 26.0 Å². The van der Waals surface area contributed by atoms with Gasteiger partial charge in [0.1, 0.15) is 5.69 Å². The Morgan fingerprint density at radius 2 is 2.50 bits per heavy atom. The monoisotopic (exact) mass is 192 g/mol. The number of rotatable bonds is 3. The third-order valence-corrected chi connectivity index (χ3v) is 1.67. The van der Waals surface area contributed by atoms with Gasteiger partial charge in [0.05, 0.1) is 12.9 Å². The highest BCUT2D eigenvalue weighted by Crippen LogP contribution is 1.99. The quantitative estimate of drug-likeness (QED) is 0.659. The van der Waals surface area contributed by atoms with Crippen LogP contribution in [0.2, 0.25) is 0 Å². The third-order valence-electron chi connectivity index (χ3n) is 1.67. The SMILES string of the molecule is Cc1nc(Cn2cnc(C=O)c2)no1. The minimum Gasteiger partial charge on any atom is -0.340 e. The van der Waals surface area contributed by atoms with Gasteiger partial charge in [0.25, 0.3) is 0 Å². The van der Waals surface area contributed by atoms with Crippen LogP contribution < -0.4 is 0 Å². The predicted molar refractivity (Wildman–Crippen MR) is 45.8 cm³/mol. The van der Waals surface area contributed by atoms with E-state index in [1.165, 1.54) is 0 Å². The largest absolute Gasteiger partial charge is 0.340 e. The zero-order chi connectivity index (χ0) is 9.97. The van der Waals surface area contributed by atoms with Gasteiger partial charge in [0.2, 0.25) is 5.89 Å². The van der Waals surface area contributed by atoms with Crippen molar-refractivity contribution < 1.29 is 9.32 Å². The fourth-order valence-electron chi connectivity index (χ4n) is 1.09. The van der Waals surface area contributed by atoms with Gasteiger partial charge in [0, 0.05) is 13.1 Å². The molecule has 0 aliphatic heterocycles. The number of hydrogen-bond donors (Lipinski definition) is 0. The van der Waals surface area contributed by atoms with E-state index in [0.29, 0.717) is 30.2 Å². The van der Waals surface area contributed by atoms with Gasteiger partial charge in [-0.25, -0.2) is 4.98 Å². The van der Waals surface area contributed by atoms with E-state index in [9.17, 15) is 4.79 Å². The molecule has 2 rings (SSSR count). The Kier molecular flexibility index (Phi) is 2.10. The van der Waals surface area contributed by atoms with Crippen molar-refractivity contribution in [2.24, 2.45) is 0 Å². The van der Waals surface area contributed by atoms with Crippen LogP contribution in [0.4, 0.5) is 0 Å². The zero-order valence-electron chi connectivity index (χ0n) is 7.54. The zero-order valence-corrected chi connectivity index (χ0v) is 7.54. The number of carbonyl (C=O) groups is 1. The molecule has 2 aromatic rings. The van der Waals surface area contributed by atoms with Crippen LogP contribution >= 0.6 is 0 Å². The smallest absolute Gasteiger partial charge is 0.223 e. The van der Waals surface area contributed by atoms with Crippen LogP contribution in [0.15, 0.2) is 17.0 Å². The van der Waals surface area contributed by atoms with E-state index >= 15 is 0 Å². The second-order valence-electron chi connectivity index (χ2n) is 2.82. The van der Waals surface area contributed by atoms with Crippen LogP contribution in [-0.2, 0) is 6.54 Å². The van der Waals surface area contributed by atoms with E-state index in [4.69, 9.17) is 4.52 Å². The summed E-state index contributed by atoms with van der Waals surface area (Å²) in [5, 5.41) is 3.72. The molecule has 6 heteroatoms. The van der Waals surface area contributed by atoms with Crippen molar-refractivity contribution in [3.63, 3.8) is 0 Å². The minimum atomic E-state index is 0.394. The number of imidazole rings is 1. The van der Waals surface area contributed by atoms with Crippen LogP contribution in [0.3, 0.4) is 0 Å². The number of aromatic nitrogens is 4. The highest BCUT2D eigenvalue weighted by atomic mass is 16.5. The summed E-state index contributed by atoms with van der Waals surface area (Å²) < 4.78 is 6.52. The van der Waals surface area contributed by atoms with E-state index in [1.807, 2.05) is 0 Å². The molecule has 0 saturated heterocycles. The first-order valence-electron chi connectivity index (χ1n) is 4.04. The lowest BCUT2D eigenvalue weighted by atomic mass is 10.5. The number of carbonyl (C=O) groups excluding carboxylic acids is 1. The molecule has 0 amide bonds. The Bertz CT molecular complexity index is 446. The molecule has 0 aromatic carbocycles. The van der Waals surface area contributed by atoms with E-state index in [1.54, 1.807) is 24.0 Å². The fourth-order valence-corrected chi connectivity index (χ4v) is 1.09. The maximum atomic E-state index is 10.4. The molecule has 2 aromatic heterocycles. The molecule has 14 heavy (non-hydrogen) atoms. The summed E-state index contributed by atoms with van der Waals surface area (Å²) in [6, 6.07) is 0. The molecule has 6 nitrogen and oxygen atoms in total. The van der Waals surface area contributed by atoms with Crippen LogP contribution in [0.1, 0.15) is 22.2 Å². The predicted octanol–water partition coefficient (Wildman–Crippen LogP) is 0.435. The average molecular weight is 192 g/mol. The Morgan fingerprint density at radius 3 is 3.07 bits per heavy atom. The molecule has 2 heterocycles. The number of aldehydes is 1. The second-order valence-corrected chi connectivity index (χ2v) is 2.82. The summed E-state index contributed by atoms with van der Waals surface area (Å²) >= 11 is 0. The Balaban J connectivity index is 2.14.